The first-order valence-electron chi connectivity index (χ1n) is 4.63. The molecule has 7 heteroatoms. The number of carbonyl (C=O) groups is 1. The predicted octanol–water partition coefficient (Wildman–Crippen LogP) is 1.68. The van der Waals surface area contributed by atoms with Crippen molar-refractivity contribution >= 4 is 17.3 Å². The summed E-state index contributed by atoms with van der Waals surface area (Å²) in [5, 5.41) is 3.55. The number of nitrogens with zero attached hydrogens (tertiary/aromatic N) is 3. The molecular weight excluding hydrogens is 230 g/mol. The molecule has 0 radical (unpaired) electrons. The Balaban J connectivity index is 2.26. The summed E-state index contributed by atoms with van der Waals surface area (Å²) < 4.78 is 9.72. The number of carbonyl (C=O) groups excluding carboxylic acids is 1. The van der Waals surface area contributed by atoms with Crippen molar-refractivity contribution in [3.05, 3.63) is 17.0 Å². The van der Waals surface area contributed by atoms with Crippen molar-refractivity contribution in [2.75, 3.05) is 6.61 Å². The molecular formula is C9H9N3O3S. The predicted molar refractivity (Wildman–Crippen MR) is 56.1 cm³/mol. The largest absolute Gasteiger partial charge is 0.460 e. The van der Waals surface area contributed by atoms with Gasteiger partial charge in [-0.05, 0) is 19.0 Å². The van der Waals surface area contributed by atoms with E-state index in [9.17, 15) is 4.79 Å². The van der Waals surface area contributed by atoms with Crippen LogP contribution in [-0.2, 0) is 4.74 Å². The number of aryl methyl sites for hydroxylation is 1. The van der Waals surface area contributed by atoms with Gasteiger partial charge in [-0.25, -0.2) is 9.78 Å². The quantitative estimate of drug-likeness (QED) is 0.758. The third-order valence-corrected chi connectivity index (χ3v) is 2.74. The molecule has 2 aromatic rings. The number of thiazole rings is 1. The smallest absolute Gasteiger partial charge is 0.379 e. The van der Waals surface area contributed by atoms with E-state index >= 15 is 0 Å². The van der Waals surface area contributed by atoms with Gasteiger partial charge in [0.15, 0.2) is 0 Å². The molecule has 0 unspecified atom stereocenters. The van der Waals surface area contributed by atoms with Gasteiger partial charge in [-0.3, -0.25) is 0 Å². The number of hydrogen-bond acceptors (Lipinski definition) is 7. The van der Waals surface area contributed by atoms with Crippen LogP contribution < -0.4 is 0 Å². The molecule has 2 rings (SSSR count). The third-order valence-electron chi connectivity index (χ3n) is 1.82. The minimum absolute atomic E-state index is 0.0651. The Labute approximate surface area is 95.3 Å². The molecule has 0 N–H and O–H groups in total. The molecule has 0 aliphatic heterocycles. The molecule has 0 bridgehead atoms. The fourth-order valence-electron chi connectivity index (χ4n) is 1.10. The molecule has 16 heavy (non-hydrogen) atoms. The molecule has 0 fully saturated rings. The van der Waals surface area contributed by atoms with Crippen LogP contribution in [0.15, 0.2) is 10.0 Å². The van der Waals surface area contributed by atoms with Crippen molar-refractivity contribution < 1.29 is 14.1 Å². The fourth-order valence-corrected chi connectivity index (χ4v) is 1.82. The zero-order valence-corrected chi connectivity index (χ0v) is 9.58. The fraction of sp³-hybridized carbons (Fsp3) is 0.333. The molecule has 0 aliphatic carbocycles. The van der Waals surface area contributed by atoms with E-state index in [1.54, 1.807) is 12.4 Å². The van der Waals surface area contributed by atoms with Gasteiger partial charge in [0.1, 0.15) is 4.88 Å². The molecule has 6 nitrogen and oxygen atoms in total. The molecule has 0 saturated carbocycles. The molecule has 2 heterocycles. The first-order chi connectivity index (χ1) is 7.72. The van der Waals surface area contributed by atoms with E-state index in [0.29, 0.717) is 5.89 Å². The molecule has 0 aromatic carbocycles. The lowest BCUT2D eigenvalue weighted by atomic mass is 10.4. The van der Waals surface area contributed by atoms with Gasteiger partial charge in [0.05, 0.1) is 17.8 Å². The van der Waals surface area contributed by atoms with E-state index in [1.807, 2.05) is 6.92 Å². The van der Waals surface area contributed by atoms with Crippen LogP contribution >= 0.6 is 11.3 Å². The SMILES string of the molecule is CCOC(=O)c1noc(-c2scnc2C)n1. The van der Waals surface area contributed by atoms with Gasteiger partial charge in [-0.2, -0.15) is 4.98 Å². The molecule has 84 valence electrons. The standard InChI is InChI=1S/C9H9N3O3S/c1-3-14-9(13)7-11-8(15-12-7)6-5(2)10-4-16-6/h4H,3H2,1-2H3. The van der Waals surface area contributed by atoms with Crippen molar-refractivity contribution in [3.8, 4) is 10.8 Å². The summed E-state index contributed by atoms with van der Waals surface area (Å²) in [6.07, 6.45) is 0. The Bertz CT molecular complexity index is 506. The van der Waals surface area contributed by atoms with E-state index in [4.69, 9.17) is 9.26 Å². The van der Waals surface area contributed by atoms with Crippen LogP contribution in [0.3, 0.4) is 0 Å². The van der Waals surface area contributed by atoms with Crippen LogP contribution in [0, 0.1) is 6.92 Å². The highest BCUT2D eigenvalue weighted by Crippen LogP contribution is 2.25. The van der Waals surface area contributed by atoms with E-state index in [2.05, 4.69) is 15.1 Å². The Morgan fingerprint density at radius 2 is 2.44 bits per heavy atom. The van der Waals surface area contributed by atoms with E-state index in [-0.39, 0.29) is 12.4 Å². The van der Waals surface area contributed by atoms with Crippen LogP contribution in [0.2, 0.25) is 0 Å². The molecule has 0 saturated heterocycles. The van der Waals surface area contributed by atoms with Gasteiger partial charge in [-0.1, -0.05) is 0 Å². The topological polar surface area (TPSA) is 78.1 Å². The summed E-state index contributed by atoms with van der Waals surface area (Å²) in [6.45, 7) is 3.83. The van der Waals surface area contributed by atoms with Crippen LogP contribution in [0.5, 0.6) is 0 Å². The van der Waals surface area contributed by atoms with Gasteiger partial charge in [0.25, 0.3) is 11.7 Å². The Kier molecular flexibility index (Phi) is 2.95. The molecule has 0 atom stereocenters. The molecule has 0 spiro atoms. The summed E-state index contributed by atoms with van der Waals surface area (Å²) in [5.74, 6) is -0.354. The van der Waals surface area contributed by atoms with E-state index in [1.165, 1.54) is 11.3 Å². The van der Waals surface area contributed by atoms with Crippen molar-refractivity contribution in [2.45, 2.75) is 13.8 Å². The maximum atomic E-state index is 11.3. The third kappa shape index (κ3) is 1.94. The maximum absolute atomic E-state index is 11.3. The minimum Gasteiger partial charge on any atom is -0.460 e. The average Bonchev–Trinajstić information content (AvgIpc) is 2.86. The van der Waals surface area contributed by atoms with Gasteiger partial charge >= 0.3 is 5.97 Å². The summed E-state index contributed by atoms with van der Waals surface area (Å²) in [7, 11) is 0. The van der Waals surface area contributed by atoms with Crippen molar-refractivity contribution in [2.24, 2.45) is 0 Å². The highest BCUT2D eigenvalue weighted by molar-refractivity contribution is 7.13. The lowest BCUT2D eigenvalue weighted by Gasteiger charge is -1.93. The monoisotopic (exact) mass is 239 g/mol. The van der Waals surface area contributed by atoms with Crippen LogP contribution in [-0.4, -0.2) is 27.7 Å². The second-order valence-corrected chi connectivity index (χ2v) is 3.77. The van der Waals surface area contributed by atoms with Gasteiger partial charge in [0, 0.05) is 0 Å². The van der Waals surface area contributed by atoms with Gasteiger partial charge in [-0.15, -0.1) is 11.3 Å². The normalized spacial score (nSPS) is 10.4. The molecule has 0 amide bonds. The van der Waals surface area contributed by atoms with Crippen molar-refractivity contribution in [1.29, 1.82) is 0 Å². The second kappa shape index (κ2) is 4.40. The Morgan fingerprint density at radius 1 is 1.62 bits per heavy atom. The zero-order chi connectivity index (χ0) is 11.5. The van der Waals surface area contributed by atoms with Crippen LogP contribution in [0.1, 0.15) is 23.2 Å². The van der Waals surface area contributed by atoms with E-state index in [0.717, 1.165) is 10.6 Å². The summed E-state index contributed by atoms with van der Waals surface area (Å²) in [4.78, 5) is 20.1. The number of aromatic nitrogens is 3. The average molecular weight is 239 g/mol. The summed E-state index contributed by atoms with van der Waals surface area (Å²) in [5.41, 5.74) is 2.47. The maximum Gasteiger partial charge on any atom is 0.379 e. The number of ether oxygens (including phenoxy) is 1. The Hall–Kier alpha value is -1.76. The molecule has 0 aliphatic rings. The zero-order valence-electron chi connectivity index (χ0n) is 8.76. The van der Waals surface area contributed by atoms with Crippen LogP contribution in [0.4, 0.5) is 0 Å². The Morgan fingerprint density at radius 3 is 3.06 bits per heavy atom. The summed E-state index contributed by atoms with van der Waals surface area (Å²) >= 11 is 1.38. The molecule has 2 aromatic heterocycles. The number of esters is 1. The second-order valence-electron chi connectivity index (χ2n) is 2.91. The number of rotatable bonds is 3. The minimum atomic E-state index is -0.584. The highest BCUT2D eigenvalue weighted by atomic mass is 32.1. The van der Waals surface area contributed by atoms with Gasteiger partial charge in [0.2, 0.25) is 0 Å². The lowest BCUT2D eigenvalue weighted by molar-refractivity contribution is 0.0508. The van der Waals surface area contributed by atoms with Crippen LogP contribution in [0.25, 0.3) is 10.8 Å². The lowest BCUT2D eigenvalue weighted by Crippen LogP contribution is -2.06. The number of hydrogen-bond donors (Lipinski definition) is 0. The summed E-state index contributed by atoms with van der Waals surface area (Å²) in [6, 6.07) is 0. The first kappa shape index (κ1) is 10.7. The highest BCUT2D eigenvalue weighted by Gasteiger charge is 2.18. The first-order valence-corrected chi connectivity index (χ1v) is 5.51. The van der Waals surface area contributed by atoms with Gasteiger partial charge < -0.3 is 9.26 Å². The van der Waals surface area contributed by atoms with Crippen molar-refractivity contribution in [1.82, 2.24) is 15.1 Å². The van der Waals surface area contributed by atoms with Crippen molar-refractivity contribution in [3.63, 3.8) is 0 Å². The van der Waals surface area contributed by atoms with E-state index < -0.39 is 5.97 Å².